The molecule has 35 heavy (non-hydrogen) atoms. The topological polar surface area (TPSA) is 71.0 Å². The van der Waals surface area contributed by atoms with E-state index >= 15 is 0 Å². The van der Waals surface area contributed by atoms with Crippen molar-refractivity contribution in [3.05, 3.63) is 84.3 Å². The van der Waals surface area contributed by atoms with Crippen LogP contribution in [0.25, 0.3) is 27.7 Å². The van der Waals surface area contributed by atoms with Gasteiger partial charge in [0.05, 0.1) is 23.6 Å². The first-order valence-corrected chi connectivity index (χ1v) is 11.5. The minimum absolute atomic E-state index is 0.279. The largest absolute Gasteiger partial charge is 0.489 e. The van der Waals surface area contributed by atoms with Crippen molar-refractivity contribution < 1.29 is 23.0 Å². The van der Waals surface area contributed by atoms with Crippen molar-refractivity contribution in [1.29, 1.82) is 0 Å². The lowest BCUT2D eigenvalue weighted by molar-refractivity contribution is -0.0950. The van der Waals surface area contributed by atoms with Gasteiger partial charge in [-0.15, -0.1) is 10.2 Å². The van der Waals surface area contributed by atoms with Crippen molar-refractivity contribution in [2.24, 2.45) is 0 Å². The highest BCUT2D eigenvalue weighted by Crippen LogP contribution is 2.38. The smallest absolute Gasteiger partial charge is 0.161 e. The first-order chi connectivity index (χ1) is 17.1. The molecular weight excluding hydrogens is 449 g/mol. The van der Waals surface area contributed by atoms with Gasteiger partial charge in [0.25, 0.3) is 0 Å². The Balaban J connectivity index is 1.32. The predicted octanol–water partition coefficient (Wildman–Crippen LogP) is 5.51. The quantitative estimate of drug-likeness (QED) is 0.324. The minimum atomic E-state index is -0.565. The Morgan fingerprint density at radius 1 is 1.09 bits per heavy atom. The molecule has 0 unspecified atom stereocenters. The molecule has 0 saturated carbocycles. The van der Waals surface area contributed by atoms with E-state index in [2.05, 4.69) is 16.3 Å². The molecule has 0 radical (unpaired) electrons. The lowest BCUT2D eigenvalue weighted by atomic mass is 9.86. The fraction of sp³-hybridized carbons (Fsp3) is 0.259. The van der Waals surface area contributed by atoms with Crippen molar-refractivity contribution in [3.63, 3.8) is 0 Å². The zero-order valence-corrected chi connectivity index (χ0v) is 19.2. The first-order valence-electron chi connectivity index (χ1n) is 11.5. The molecule has 7 nitrogen and oxygen atoms in total. The van der Waals surface area contributed by atoms with Crippen LogP contribution >= 0.6 is 0 Å². The van der Waals surface area contributed by atoms with Crippen LogP contribution in [0.5, 0.6) is 5.75 Å². The molecule has 0 amide bonds. The van der Waals surface area contributed by atoms with Gasteiger partial charge in [0.2, 0.25) is 0 Å². The summed E-state index contributed by atoms with van der Waals surface area (Å²) in [5.41, 5.74) is 4.82. The molecule has 8 heteroatoms. The first kappa shape index (κ1) is 21.8. The van der Waals surface area contributed by atoms with E-state index in [1.165, 1.54) is 12.1 Å². The number of hydrogen-bond acceptors (Lipinski definition) is 6. The predicted molar refractivity (Wildman–Crippen MR) is 128 cm³/mol. The highest BCUT2D eigenvalue weighted by atomic mass is 19.1. The molecule has 5 aromatic rings. The van der Waals surface area contributed by atoms with Crippen molar-refractivity contribution in [2.45, 2.75) is 25.0 Å². The molecule has 1 aliphatic heterocycles. The van der Waals surface area contributed by atoms with Gasteiger partial charge < -0.3 is 18.6 Å². The summed E-state index contributed by atoms with van der Waals surface area (Å²) >= 11 is 0. The standard InChI is InChI=1S/C27H24FN3O4/c1-32-27(5-8-33-9-6-27)20-11-21(28)13-22(12-20)35-15-18-2-3-23-24(19-4-7-34-16-19)14-26-30-29-17-31(26)25(23)10-18/h2-4,7,10-14,16-17H,5-6,8-9,15H2,1H3. The molecule has 6 rings (SSSR count). The number of aromatic nitrogens is 3. The molecular formula is C27H24FN3O4. The molecule has 2 aromatic carbocycles. The average molecular weight is 474 g/mol. The molecule has 1 fully saturated rings. The Kier molecular flexibility index (Phi) is 5.47. The number of hydrogen-bond donors (Lipinski definition) is 0. The summed E-state index contributed by atoms with van der Waals surface area (Å²) in [7, 11) is 1.66. The average Bonchev–Trinajstić information content (AvgIpc) is 3.59. The maximum Gasteiger partial charge on any atom is 0.161 e. The highest BCUT2D eigenvalue weighted by Gasteiger charge is 2.35. The van der Waals surface area contributed by atoms with E-state index in [0.29, 0.717) is 31.8 Å². The Morgan fingerprint density at radius 2 is 1.97 bits per heavy atom. The number of ether oxygens (including phenoxy) is 3. The Labute approximate surface area is 201 Å². The zero-order chi connectivity index (χ0) is 23.8. The van der Waals surface area contributed by atoms with E-state index in [4.69, 9.17) is 18.6 Å². The van der Waals surface area contributed by atoms with Crippen LogP contribution in [0.15, 0.2) is 71.8 Å². The van der Waals surface area contributed by atoms with Gasteiger partial charge in [-0.3, -0.25) is 4.40 Å². The zero-order valence-electron chi connectivity index (χ0n) is 19.2. The summed E-state index contributed by atoms with van der Waals surface area (Å²) in [5, 5.41) is 9.34. The van der Waals surface area contributed by atoms with Crippen molar-refractivity contribution in [3.8, 4) is 16.9 Å². The molecule has 0 N–H and O–H groups in total. The number of benzene rings is 2. The second kappa shape index (κ2) is 8.79. The maximum absolute atomic E-state index is 14.5. The molecule has 3 aromatic heterocycles. The molecule has 1 aliphatic rings. The fourth-order valence-corrected chi connectivity index (χ4v) is 4.87. The van der Waals surface area contributed by atoms with Crippen LogP contribution in [-0.2, 0) is 21.7 Å². The van der Waals surface area contributed by atoms with E-state index in [-0.39, 0.29) is 12.4 Å². The Bertz CT molecular complexity index is 1490. The van der Waals surface area contributed by atoms with Gasteiger partial charge in [0.15, 0.2) is 5.65 Å². The van der Waals surface area contributed by atoms with Crippen LogP contribution < -0.4 is 4.74 Å². The van der Waals surface area contributed by atoms with E-state index in [1.807, 2.05) is 34.7 Å². The van der Waals surface area contributed by atoms with Gasteiger partial charge in [-0.1, -0.05) is 12.1 Å². The molecule has 178 valence electrons. The number of rotatable bonds is 6. The van der Waals surface area contributed by atoms with Crippen molar-refractivity contribution >= 4 is 16.6 Å². The normalized spacial score (nSPS) is 15.6. The molecule has 4 heterocycles. The summed E-state index contributed by atoms with van der Waals surface area (Å²) in [6.45, 7) is 1.44. The lowest BCUT2D eigenvalue weighted by Crippen LogP contribution is -2.35. The van der Waals surface area contributed by atoms with Crippen LogP contribution in [0.3, 0.4) is 0 Å². The monoisotopic (exact) mass is 473 g/mol. The summed E-state index contributed by atoms with van der Waals surface area (Å²) in [6.07, 6.45) is 6.40. The van der Waals surface area contributed by atoms with Crippen LogP contribution in [0.4, 0.5) is 4.39 Å². The number of furan rings is 1. The highest BCUT2D eigenvalue weighted by molar-refractivity contribution is 5.97. The lowest BCUT2D eigenvalue weighted by Gasteiger charge is -2.36. The minimum Gasteiger partial charge on any atom is -0.489 e. The third kappa shape index (κ3) is 3.94. The van der Waals surface area contributed by atoms with Crippen LogP contribution in [-0.4, -0.2) is 34.9 Å². The third-order valence-corrected chi connectivity index (χ3v) is 6.79. The van der Waals surface area contributed by atoms with Gasteiger partial charge in [-0.05, 0) is 47.0 Å². The molecule has 1 saturated heterocycles. The molecule has 0 atom stereocenters. The second-order valence-electron chi connectivity index (χ2n) is 8.76. The second-order valence-corrected chi connectivity index (χ2v) is 8.76. The molecule has 0 bridgehead atoms. The van der Waals surface area contributed by atoms with Gasteiger partial charge in [-0.2, -0.15) is 0 Å². The van der Waals surface area contributed by atoms with E-state index in [1.54, 1.807) is 26.0 Å². The number of fused-ring (bicyclic) bond motifs is 3. The van der Waals surface area contributed by atoms with E-state index in [9.17, 15) is 4.39 Å². The number of methoxy groups -OCH3 is 1. The summed E-state index contributed by atoms with van der Waals surface area (Å²) in [4.78, 5) is 0. The fourth-order valence-electron chi connectivity index (χ4n) is 4.87. The Morgan fingerprint density at radius 3 is 2.77 bits per heavy atom. The maximum atomic E-state index is 14.5. The van der Waals surface area contributed by atoms with E-state index < -0.39 is 5.60 Å². The van der Waals surface area contributed by atoms with Gasteiger partial charge >= 0.3 is 0 Å². The van der Waals surface area contributed by atoms with Crippen LogP contribution in [0.1, 0.15) is 24.0 Å². The molecule has 0 spiro atoms. The number of halogens is 1. The summed E-state index contributed by atoms with van der Waals surface area (Å²) in [6, 6.07) is 14.8. The van der Waals surface area contributed by atoms with Crippen molar-refractivity contribution in [2.75, 3.05) is 20.3 Å². The van der Waals surface area contributed by atoms with Crippen molar-refractivity contribution in [1.82, 2.24) is 14.6 Å². The van der Waals surface area contributed by atoms with Crippen LogP contribution in [0, 0.1) is 5.82 Å². The summed E-state index contributed by atoms with van der Waals surface area (Å²) < 4.78 is 39.2. The Hall–Kier alpha value is -3.75. The SMILES string of the molecule is COC1(c2cc(F)cc(OCc3ccc4c(-c5ccoc5)cc5nncn5c4c3)c2)CCOCC1. The van der Waals surface area contributed by atoms with Gasteiger partial charge in [0, 0.05) is 50.2 Å². The van der Waals surface area contributed by atoms with E-state index in [0.717, 1.165) is 38.8 Å². The van der Waals surface area contributed by atoms with Gasteiger partial charge in [-0.25, -0.2) is 4.39 Å². The van der Waals surface area contributed by atoms with Crippen LogP contribution in [0.2, 0.25) is 0 Å². The number of pyridine rings is 1. The summed E-state index contributed by atoms with van der Waals surface area (Å²) in [5.74, 6) is 0.111. The number of nitrogens with zero attached hydrogens (tertiary/aromatic N) is 3. The molecule has 0 aliphatic carbocycles. The van der Waals surface area contributed by atoms with Gasteiger partial charge in [0.1, 0.15) is 24.5 Å². The third-order valence-electron chi connectivity index (χ3n) is 6.79.